The van der Waals surface area contributed by atoms with Gasteiger partial charge in [-0.15, -0.1) is 0 Å². The van der Waals surface area contributed by atoms with E-state index in [0.717, 1.165) is 19.1 Å². The van der Waals surface area contributed by atoms with Crippen LogP contribution in [0.3, 0.4) is 0 Å². The molecular weight excluding hydrogens is 372 g/mol. The van der Waals surface area contributed by atoms with Gasteiger partial charge in [0.2, 0.25) is 0 Å². The number of carbonyl (C=O) groups excluding carboxylic acids is 1. The number of aryl methyl sites for hydroxylation is 1. The van der Waals surface area contributed by atoms with Crippen LogP contribution < -0.4 is 10.6 Å². The van der Waals surface area contributed by atoms with Gasteiger partial charge in [-0.25, -0.2) is 8.42 Å². The molecule has 0 aliphatic rings. The highest BCUT2D eigenvalue weighted by atomic mass is 32.2. The number of hydrogen-bond acceptors (Lipinski definition) is 3. The number of quaternary nitrogens is 1. The Labute approximate surface area is 168 Å². The van der Waals surface area contributed by atoms with Crippen molar-refractivity contribution >= 4 is 21.4 Å². The monoisotopic (exact) mass is 403 g/mol. The predicted octanol–water partition coefficient (Wildman–Crippen LogP) is 2.94. The van der Waals surface area contributed by atoms with E-state index in [2.05, 4.69) is 50.4 Å². The Balaban J connectivity index is 2.01. The first kappa shape index (κ1) is 22.1. The number of nitrogens with two attached hydrogens (primary N) is 1. The summed E-state index contributed by atoms with van der Waals surface area (Å²) in [5.74, 6) is 0.220. The molecule has 3 N–H and O–H groups in total. The summed E-state index contributed by atoms with van der Waals surface area (Å²) in [6, 6.07) is 15.2. The summed E-state index contributed by atoms with van der Waals surface area (Å²) in [6.45, 7) is 6.73. The average Bonchev–Trinajstić information content (AvgIpc) is 2.62. The minimum atomic E-state index is -3.30. The van der Waals surface area contributed by atoms with E-state index in [1.807, 2.05) is 5.32 Å². The highest BCUT2D eigenvalue weighted by Crippen LogP contribution is 2.19. The van der Waals surface area contributed by atoms with Crippen molar-refractivity contribution in [2.45, 2.75) is 44.6 Å². The van der Waals surface area contributed by atoms with E-state index in [0.29, 0.717) is 11.6 Å². The standard InChI is InChI=1S/C22H30N2O3S/c1-5-7-17-10-12-18(13-11-17)22(16(2)3)23-15-21(25)24-19-8-6-9-20(14-19)28(4,26)27/h6,8-14,16,22-23H,5,7,15H2,1-4H3,(H,24,25)/p+1/t22-/m1/s1. The van der Waals surface area contributed by atoms with Crippen LogP contribution in [0.25, 0.3) is 0 Å². The number of benzene rings is 2. The molecule has 0 fully saturated rings. The summed E-state index contributed by atoms with van der Waals surface area (Å²) >= 11 is 0. The van der Waals surface area contributed by atoms with Crippen LogP contribution in [-0.2, 0) is 21.1 Å². The van der Waals surface area contributed by atoms with E-state index >= 15 is 0 Å². The Kier molecular flexibility index (Phi) is 7.78. The third-order valence-electron chi connectivity index (χ3n) is 4.72. The van der Waals surface area contributed by atoms with E-state index in [1.54, 1.807) is 12.1 Å². The molecule has 2 rings (SSSR count). The number of anilines is 1. The first-order valence-corrected chi connectivity index (χ1v) is 11.6. The fourth-order valence-corrected chi connectivity index (χ4v) is 3.91. The number of hydrogen-bond donors (Lipinski definition) is 2. The number of carbonyl (C=O) groups is 1. The number of rotatable bonds is 9. The van der Waals surface area contributed by atoms with E-state index in [1.165, 1.54) is 23.3 Å². The van der Waals surface area contributed by atoms with Crippen molar-refractivity contribution < 1.29 is 18.5 Å². The lowest BCUT2D eigenvalue weighted by atomic mass is 9.94. The van der Waals surface area contributed by atoms with Crippen LogP contribution in [0.4, 0.5) is 5.69 Å². The number of nitrogens with one attached hydrogen (secondary N) is 1. The Bertz CT molecular complexity index is 890. The minimum absolute atomic E-state index is 0.154. The molecule has 0 bridgehead atoms. The lowest BCUT2D eigenvalue weighted by Crippen LogP contribution is -2.88. The van der Waals surface area contributed by atoms with Crippen molar-refractivity contribution in [1.29, 1.82) is 0 Å². The van der Waals surface area contributed by atoms with Gasteiger partial charge in [0, 0.05) is 23.4 Å². The molecule has 6 heteroatoms. The van der Waals surface area contributed by atoms with Gasteiger partial charge in [-0.1, -0.05) is 57.5 Å². The van der Waals surface area contributed by atoms with Crippen LogP contribution >= 0.6 is 0 Å². The van der Waals surface area contributed by atoms with Gasteiger partial charge in [-0.3, -0.25) is 4.79 Å². The fourth-order valence-electron chi connectivity index (χ4n) is 3.24. The molecule has 0 aliphatic carbocycles. The molecule has 1 amide bonds. The fraction of sp³-hybridized carbons (Fsp3) is 0.409. The zero-order valence-corrected chi connectivity index (χ0v) is 17.9. The summed E-state index contributed by atoms with van der Waals surface area (Å²) in [6.07, 6.45) is 3.35. The molecule has 1 atom stereocenters. The first-order chi connectivity index (χ1) is 13.2. The maximum absolute atomic E-state index is 12.4. The molecular formula is C22H31N2O3S+. The van der Waals surface area contributed by atoms with Gasteiger partial charge in [-0.05, 0) is 30.2 Å². The van der Waals surface area contributed by atoms with E-state index in [-0.39, 0.29) is 23.4 Å². The Morgan fingerprint density at radius 3 is 2.36 bits per heavy atom. The summed E-state index contributed by atoms with van der Waals surface area (Å²) in [4.78, 5) is 12.6. The van der Waals surface area contributed by atoms with Crippen LogP contribution in [0.1, 0.15) is 44.4 Å². The minimum Gasteiger partial charge on any atom is -0.332 e. The second-order valence-corrected chi connectivity index (χ2v) is 9.57. The molecule has 2 aromatic rings. The van der Waals surface area contributed by atoms with Crippen LogP contribution in [0.2, 0.25) is 0 Å². The molecule has 0 aliphatic heterocycles. The second kappa shape index (κ2) is 9.85. The molecule has 0 unspecified atom stereocenters. The zero-order chi connectivity index (χ0) is 20.7. The Morgan fingerprint density at radius 2 is 1.79 bits per heavy atom. The van der Waals surface area contributed by atoms with Gasteiger partial charge in [0.05, 0.1) is 4.90 Å². The molecule has 0 saturated heterocycles. The van der Waals surface area contributed by atoms with E-state index in [9.17, 15) is 13.2 Å². The van der Waals surface area contributed by atoms with Gasteiger partial charge in [0.25, 0.3) is 5.91 Å². The largest absolute Gasteiger partial charge is 0.332 e. The number of sulfone groups is 1. The summed E-state index contributed by atoms with van der Waals surface area (Å²) in [5, 5.41) is 4.83. The van der Waals surface area contributed by atoms with Gasteiger partial charge in [0.15, 0.2) is 16.4 Å². The molecule has 0 radical (unpaired) electrons. The van der Waals surface area contributed by atoms with Gasteiger partial charge in [-0.2, -0.15) is 0 Å². The highest BCUT2D eigenvalue weighted by Gasteiger charge is 2.20. The van der Waals surface area contributed by atoms with Crippen LogP contribution in [0.15, 0.2) is 53.4 Å². The maximum atomic E-state index is 12.4. The lowest BCUT2D eigenvalue weighted by Gasteiger charge is -2.20. The van der Waals surface area contributed by atoms with Gasteiger partial charge < -0.3 is 10.6 Å². The van der Waals surface area contributed by atoms with Gasteiger partial charge in [0.1, 0.15) is 6.04 Å². The molecule has 0 spiro atoms. The molecule has 0 saturated carbocycles. The summed E-state index contributed by atoms with van der Waals surface area (Å²) in [5.41, 5.74) is 3.03. The third-order valence-corrected chi connectivity index (χ3v) is 5.83. The van der Waals surface area contributed by atoms with E-state index in [4.69, 9.17) is 0 Å². The average molecular weight is 404 g/mol. The van der Waals surface area contributed by atoms with E-state index < -0.39 is 9.84 Å². The van der Waals surface area contributed by atoms with Crippen molar-refractivity contribution in [2.24, 2.45) is 5.92 Å². The highest BCUT2D eigenvalue weighted by molar-refractivity contribution is 7.90. The summed E-state index contributed by atoms with van der Waals surface area (Å²) < 4.78 is 23.3. The second-order valence-electron chi connectivity index (χ2n) is 7.55. The van der Waals surface area contributed by atoms with Crippen LogP contribution in [0, 0.1) is 5.92 Å². The van der Waals surface area contributed by atoms with Crippen molar-refractivity contribution in [1.82, 2.24) is 0 Å². The van der Waals surface area contributed by atoms with Crippen molar-refractivity contribution in [3.63, 3.8) is 0 Å². The predicted molar refractivity (Wildman–Crippen MR) is 113 cm³/mol. The van der Waals surface area contributed by atoms with Crippen molar-refractivity contribution in [3.8, 4) is 0 Å². The Morgan fingerprint density at radius 1 is 1.11 bits per heavy atom. The Hall–Kier alpha value is -2.18. The zero-order valence-electron chi connectivity index (χ0n) is 17.1. The quantitative estimate of drug-likeness (QED) is 0.676. The van der Waals surface area contributed by atoms with Crippen LogP contribution in [0.5, 0.6) is 0 Å². The first-order valence-electron chi connectivity index (χ1n) is 9.73. The van der Waals surface area contributed by atoms with Gasteiger partial charge >= 0.3 is 0 Å². The molecule has 28 heavy (non-hydrogen) atoms. The smallest absolute Gasteiger partial charge is 0.279 e. The molecule has 5 nitrogen and oxygen atoms in total. The molecule has 0 aromatic heterocycles. The third kappa shape index (κ3) is 6.46. The molecule has 2 aromatic carbocycles. The van der Waals surface area contributed by atoms with Crippen molar-refractivity contribution in [2.75, 3.05) is 18.1 Å². The number of amides is 1. The molecule has 0 heterocycles. The lowest BCUT2D eigenvalue weighted by molar-refractivity contribution is -0.692. The summed E-state index contributed by atoms with van der Waals surface area (Å²) in [7, 11) is -3.30. The topological polar surface area (TPSA) is 79.8 Å². The van der Waals surface area contributed by atoms with Crippen LogP contribution in [-0.4, -0.2) is 27.1 Å². The SMILES string of the molecule is CCCc1ccc([C@H]([NH2+]CC(=O)Nc2cccc(S(C)(=O)=O)c2)C(C)C)cc1. The maximum Gasteiger partial charge on any atom is 0.279 e. The molecule has 152 valence electrons. The normalized spacial score (nSPS) is 12.8. The van der Waals surface area contributed by atoms with Crippen molar-refractivity contribution in [3.05, 3.63) is 59.7 Å².